The van der Waals surface area contributed by atoms with Crippen molar-refractivity contribution in [3.8, 4) is 0 Å². The van der Waals surface area contributed by atoms with E-state index in [0.717, 1.165) is 74.1 Å². The molecule has 0 bridgehead atoms. The Kier molecular flexibility index (Phi) is 26.1. The van der Waals surface area contributed by atoms with Crippen molar-refractivity contribution in [1.29, 1.82) is 0 Å². The van der Waals surface area contributed by atoms with Crippen LogP contribution in [0.1, 0.15) is 152 Å². The number of hydrogen-bond acceptors (Lipinski definition) is 19. The first-order valence-corrected chi connectivity index (χ1v) is 22.5. The first-order chi connectivity index (χ1) is 30.3. The predicted octanol–water partition coefficient (Wildman–Crippen LogP) is 3.92. The summed E-state index contributed by atoms with van der Waals surface area (Å²) in [6.07, 6.45) is 0.431. The van der Waals surface area contributed by atoms with E-state index in [9.17, 15) is 38.4 Å². The Bertz CT molecular complexity index is 1510. The van der Waals surface area contributed by atoms with Gasteiger partial charge in [0, 0.05) is 48.5 Å². The van der Waals surface area contributed by atoms with Crippen LogP contribution in [0.25, 0.3) is 0 Å². The van der Waals surface area contributed by atoms with Gasteiger partial charge in [-0.15, -0.1) is 0 Å². The molecule has 0 saturated carbocycles. The number of unbranched alkanes of at least 4 members (excludes halogenated alkanes) is 13. The molecule has 0 aromatic carbocycles. The summed E-state index contributed by atoms with van der Waals surface area (Å²) in [5.41, 5.74) is 6.32. The molecule has 2 aliphatic rings. The van der Waals surface area contributed by atoms with Crippen LogP contribution in [0.5, 0.6) is 0 Å². The van der Waals surface area contributed by atoms with Crippen molar-refractivity contribution in [2.24, 2.45) is 5.73 Å². The van der Waals surface area contributed by atoms with Crippen molar-refractivity contribution < 1.29 is 85.7 Å². The van der Waals surface area contributed by atoms with E-state index in [0.29, 0.717) is 12.8 Å². The molecule has 0 aliphatic carbocycles. The molecule has 2 fully saturated rings. The minimum absolute atomic E-state index is 0.327. The number of amides is 1. The van der Waals surface area contributed by atoms with Crippen LogP contribution in [-0.2, 0) is 85.7 Å². The number of nitrogens with two attached hydrogens (primary N) is 1. The number of carbonyl (C=O) groups excluding carboxylic acids is 8. The molecule has 0 spiro atoms. The molecule has 2 saturated heterocycles. The summed E-state index contributed by atoms with van der Waals surface area (Å²) in [5, 5.41) is 2.63. The lowest BCUT2D eigenvalue weighted by Gasteiger charge is -2.49. The zero-order chi connectivity index (χ0) is 47.8. The summed E-state index contributed by atoms with van der Waals surface area (Å²) in [6.45, 7) is 8.46. The van der Waals surface area contributed by atoms with Crippen LogP contribution >= 0.6 is 0 Å². The number of ether oxygens (including phenoxy) is 10. The third-order valence-corrected chi connectivity index (χ3v) is 10.4. The summed E-state index contributed by atoms with van der Waals surface area (Å²) in [4.78, 5) is 100. The summed E-state index contributed by atoms with van der Waals surface area (Å²) < 4.78 is 56.8. The molecule has 0 aromatic heterocycles. The second-order valence-electron chi connectivity index (χ2n) is 16.2. The number of esters is 7. The quantitative estimate of drug-likeness (QED) is 0.0640. The topological polar surface area (TPSA) is 267 Å². The molecular weight excluding hydrogens is 844 g/mol. The van der Waals surface area contributed by atoms with E-state index in [1.165, 1.54) is 57.8 Å². The van der Waals surface area contributed by atoms with E-state index >= 15 is 0 Å². The minimum atomic E-state index is -1.84. The molecule has 20 nitrogen and oxygen atoms in total. The van der Waals surface area contributed by atoms with Gasteiger partial charge in [0.05, 0.1) is 6.04 Å². The lowest BCUT2D eigenvalue weighted by Crippen LogP contribution is -2.69. The van der Waals surface area contributed by atoms with Gasteiger partial charge in [-0.1, -0.05) is 96.8 Å². The highest BCUT2D eigenvalue weighted by Crippen LogP contribution is 2.35. The number of nitrogens with one attached hydrogen (secondary N) is 1. The summed E-state index contributed by atoms with van der Waals surface area (Å²) in [5.74, 6) is -6.71. The average Bonchev–Trinajstić information content (AvgIpc) is 3.19. The van der Waals surface area contributed by atoms with E-state index in [-0.39, 0.29) is 0 Å². The fourth-order valence-electron chi connectivity index (χ4n) is 7.57. The number of rotatable bonds is 28. The Balaban J connectivity index is 2.34. The largest absolute Gasteiger partial charge is 0.463 e. The fraction of sp³-hybridized carbons (Fsp3) is 0.818. The number of carbonyl (C=O) groups is 8. The first-order valence-electron chi connectivity index (χ1n) is 22.5. The number of hydrogen-bond donors (Lipinski definition) is 2. The molecule has 0 radical (unpaired) electrons. The Morgan fingerprint density at radius 3 is 1.28 bits per heavy atom. The lowest BCUT2D eigenvalue weighted by molar-refractivity contribution is -0.345. The highest BCUT2D eigenvalue weighted by molar-refractivity contribution is 5.81. The van der Waals surface area contributed by atoms with Crippen LogP contribution in [0.4, 0.5) is 0 Å². The standard InChI is InChI=1S/C44H72N2O18/c1-9-10-11-12-13-14-15-16-17-18-19-20-21-22-23-33(45)42(54)46-43-40(60-31(7)52)38(58-29(5)50)37(34(62-43)24-55-26(2)47)64-44-41(61-32(8)53)39(59-30(6)51)36(57-28(4)49)35(63-44)25-56-27(3)48/h33-41,43-44H,9-25,45H2,1-8H3,(H,46,54)/t33-,34+,35+,36+,37+,38-,39-,40+,41+,43+,44+/m0/s1. The van der Waals surface area contributed by atoms with Crippen molar-refractivity contribution in [2.75, 3.05) is 13.2 Å². The van der Waals surface area contributed by atoms with Gasteiger partial charge in [-0.2, -0.15) is 0 Å². The third-order valence-electron chi connectivity index (χ3n) is 10.4. The Morgan fingerprint density at radius 2 is 0.844 bits per heavy atom. The molecule has 3 N–H and O–H groups in total. The third kappa shape index (κ3) is 21.1. The van der Waals surface area contributed by atoms with E-state index in [1.807, 2.05) is 0 Å². The maximum Gasteiger partial charge on any atom is 0.303 e. The van der Waals surface area contributed by atoms with Crippen LogP contribution < -0.4 is 11.1 Å². The SMILES string of the molecule is CCCCCCCCCCCCCCCC[C@H](N)C(=O)N[C@@H]1O[C@H](COC(C)=O)[C@@H](O[C@H]2O[C@H](COC(C)=O)[C@@H](OC(C)=O)[C@H](OC(C)=O)[C@H]2OC(C)=O)[C@H](OC(C)=O)[C@H]1OC(C)=O. The molecule has 0 unspecified atom stereocenters. The average molecular weight is 917 g/mol. The van der Waals surface area contributed by atoms with E-state index < -0.39 is 128 Å². The second-order valence-corrected chi connectivity index (χ2v) is 16.2. The van der Waals surface area contributed by atoms with Gasteiger partial charge in [-0.25, -0.2) is 0 Å². The molecule has 366 valence electrons. The van der Waals surface area contributed by atoms with Crippen molar-refractivity contribution in [3.05, 3.63) is 0 Å². The summed E-state index contributed by atoms with van der Waals surface area (Å²) in [6, 6.07) is -1.01. The van der Waals surface area contributed by atoms with Crippen molar-refractivity contribution in [1.82, 2.24) is 5.32 Å². The van der Waals surface area contributed by atoms with Crippen molar-refractivity contribution >= 4 is 47.7 Å². The van der Waals surface area contributed by atoms with Crippen molar-refractivity contribution in [2.45, 2.75) is 219 Å². The molecule has 2 heterocycles. The van der Waals surface area contributed by atoms with Gasteiger partial charge in [0.25, 0.3) is 0 Å². The highest BCUT2D eigenvalue weighted by atomic mass is 16.8. The van der Waals surface area contributed by atoms with E-state index in [4.69, 9.17) is 53.1 Å². The molecule has 64 heavy (non-hydrogen) atoms. The zero-order valence-corrected chi connectivity index (χ0v) is 38.8. The highest BCUT2D eigenvalue weighted by Gasteiger charge is 2.57. The van der Waals surface area contributed by atoms with E-state index in [1.54, 1.807) is 0 Å². The van der Waals surface area contributed by atoms with Crippen molar-refractivity contribution in [3.63, 3.8) is 0 Å². The van der Waals surface area contributed by atoms with Crippen LogP contribution in [-0.4, -0.2) is 128 Å². The summed E-state index contributed by atoms with van der Waals surface area (Å²) >= 11 is 0. The molecule has 2 rings (SSSR count). The van der Waals surface area contributed by atoms with Gasteiger partial charge in [0.2, 0.25) is 5.91 Å². The zero-order valence-electron chi connectivity index (χ0n) is 38.8. The lowest BCUT2D eigenvalue weighted by atomic mass is 9.95. The van der Waals surface area contributed by atoms with Gasteiger partial charge in [-0.3, -0.25) is 38.4 Å². The van der Waals surface area contributed by atoms with Crippen LogP contribution in [0.3, 0.4) is 0 Å². The minimum Gasteiger partial charge on any atom is -0.463 e. The maximum atomic E-state index is 13.6. The monoisotopic (exact) mass is 916 g/mol. The van der Waals surface area contributed by atoms with Crippen LogP contribution in [0, 0.1) is 0 Å². The molecule has 0 aromatic rings. The van der Waals surface area contributed by atoms with Gasteiger partial charge in [-0.05, 0) is 6.42 Å². The first kappa shape index (κ1) is 55.7. The summed E-state index contributed by atoms with van der Waals surface area (Å²) in [7, 11) is 0. The molecule has 1 amide bonds. The van der Waals surface area contributed by atoms with Gasteiger partial charge in [0.15, 0.2) is 43.0 Å². The smallest absolute Gasteiger partial charge is 0.303 e. The molecule has 11 atom stereocenters. The van der Waals surface area contributed by atoms with Crippen LogP contribution in [0.2, 0.25) is 0 Å². The van der Waals surface area contributed by atoms with E-state index in [2.05, 4.69) is 12.2 Å². The van der Waals surface area contributed by atoms with Gasteiger partial charge >= 0.3 is 41.8 Å². The fourth-order valence-corrected chi connectivity index (χ4v) is 7.57. The second kappa shape index (κ2) is 29.9. The molecule has 2 aliphatic heterocycles. The van der Waals surface area contributed by atoms with Crippen LogP contribution in [0.15, 0.2) is 0 Å². The Labute approximate surface area is 376 Å². The maximum absolute atomic E-state index is 13.6. The molecule has 20 heteroatoms. The Hall–Kier alpha value is -4.40. The van der Waals surface area contributed by atoms with Gasteiger partial charge < -0.3 is 58.4 Å². The normalized spacial score (nSPS) is 25.8. The Morgan fingerprint density at radius 1 is 0.469 bits per heavy atom. The van der Waals surface area contributed by atoms with Gasteiger partial charge in [0.1, 0.15) is 31.5 Å². The molecular formula is C44H72N2O18. The predicted molar refractivity (Wildman–Crippen MR) is 224 cm³/mol.